The van der Waals surface area contributed by atoms with E-state index in [9.17, 15) is 18.8 Å². The molecule has 0 N–H and O–H groups in total. The molecule has 112 valence electrons. The zero-order chi connectivity index (χ0) is 15.9. The largest absolute Gasteiger partial charge is 0.465 e. The molecule has 0 aromatic heterocycles. The molecule has 0 aliphatic heterocycles. The van der Waals surface area contributed by atoms with Gasteiger partial charge in [-0.15, -0.1) is 0 Å². The van der Waals surface area contributed by atoms with Gasteiger partial charge < -0.3 is 4.74 Å². The summed E-state index contributed by atoms with van der Waals surface area (Å²) in [6.07, 6.45) is 0. The van der Waals surface area contributed by atoms with E-state index in [1.807, 2.05) is 0 Å². The minimum absolute atomic E-state index is 0.000414. The maximum atomic E-state index is 13.6. The SMILES string of the molecule is CCOC(=O)C1C(=O)c2cc(F)c(Cl)cc2C(C)(C)C1=O. The van der Waals surface area contributed by atoms with E-state index in [4.69, 9.17) is 16.3 Å². The van der Waals surface area contributed by atoms with Gasteiger partial charge in [-0.2, -0.15) is 0 Å². The van der Waals surface area contributed by atoms with Gasteiger partial charge in [0, 0.05) is 5.56 Å². The number of esters is 1. The molecule has 1 unspecified atom stereocenters. The number of benzene rings is 1. The summed E-state index contributed by atoms with van der Waals surface area (Å²) in [5.41, 5.74) is -0.804. The third-order valence-corrected chi connectivity index (χ3v) is 3.95. The number of hydrogen-bond donors (Lipinski definition) is 0. The van der Waals surface area contributed by atoms with Gasteiger partial charge in [-0.05, 0) is 38.5 Å². The molecular weight excluding hydrogens is 299 g/mol. The molecule has 1 aromatic carbocycles. The first-order valence-electron chi connectivity index (χ1n) is 6.46. The van der Waals surface area contributed by atoms with Gasteiger partial charge in [-0.25, -0.2) is 4.39 Å². The van der Waals surface area contributed by atoms with Gasteiger partial charge in [0.05, 0.1) is 17.0 Å². The lowest BCUT2D eigenvalue weighted by molar-refractivity contribution is -0.150. The number of fused-ring (bicyclic) bond motifs is 1. The fourth-order valence-electron chi connectivity index (χ4n) is 2.48. The smallest absolute Gasteiger partial charge is 0.324 e. The lowest BCUT2D eigenvalue weighted by atomic mass is 9.66. The first-order valence-corrected chi connectivity index (χ1v) is 6.84. The fraction of sp³-hybridized carbons (Fsp3) is 0.400. The van der Waals surface area contributed by atoms with Gasteiger partial charge in [0.25, 0.3) is 0 Å². The van der Waals surface area contributed by atoms with E-state index in [0.29, 0.717) is 5.56 Å². The Hall–Kier alpha value is -1.75. The Bertz CT molecular complexity index is 651. The normalized spacial score (nSPS) is 20.1. The number of carbonyl (C=O) groups is 3. The predicted molar refractivity (Wildman–Crippen MR) is 73.9 cm³/mol. The highest BCUT2D eigenvalue weighted by Gasteiger charge is 2.50. The lowest BCUT2D eigenvalue weighted by Gasteiger charge is -2.34. The molecule has 1 aromatic rings. The van der Waals surface area contributed by atoms with E-state index in [1.54, 1.807) is 20.8 Å². The molecule has 0 spiro atoms. The van der Waals surface area contributed by atoms with Crippen molar-refractivity contribution in [1.82, 2.24) is 0 Å². The Morgan fingerprint density at radius 2 is 2.00 bits per heavy atom. The van der Waals surface area contributed by atoms with Crippen LogP contribution in [0.3, 0.4) is 0 Å². The minimum Gasteiger partial charge on any atom is -0.465 e. The van der Waals surface area contributed by atoms with Gasteiger partial charge in [0.2, 0.25) is 0 Å². The molecule has 4 nitrogen and oxygen atoms in total. The van der Waals surface area contributed by atoms with Crippen molar-refractivity contribution in [2.45, 2.75) is 26.2 Å². The third kappa shape index (κ3) is 2.35. The van der Waals surface area contributed by atoms with Crippen LogP contribution < -0.4 is 0 Å². The van der Waals surface area contributed by atoms with E-state index in [2.05, 4.69) is 0 Å². The monoisotopic (exact) mass is 312 g/mol. The number of ketones is 2. The summed E-state index contributed by atoms with van der Waals surface area (Å²) in [4.78, 5) is 36.7. The van der Waals surface area contributed by atoms with Crippen LogP contribution in [-0.4, -0.2) is 24.1 Å². The molecule has 2 rings (SSSR count). The quantitative estimate of drug-likeness (QED) is 0.622. The summed E-state index contributed by atoms with van der Waals surface area (Å²) in [6, 6.07) is 2.24. The highest BCUT2D eigenvalue weighted by atomic mass is 35.5. The van der Waals surface area contributed by atoms with Crippen LogP contribution >= 0.6 is 11.6 Å². The molecule has 0 amide bonds. The van der Waals surface area contributed by atoms with Crippen LogP contribution in [0.5, 0.6) is 0 Å². The topological polar surface area (TPSA) is 60.4 Å². The average molecular weight is 313 g/mol. The first-order chi connectivity index (χ1) is 9.71. The first kappa shape index (κ1) is 15.6. The average Bonchev–Trinajstić information content (AvgIpc) is 2.40. The second-order valence-corrected chi connectivity index (χ2v) is 5.76. The molecular formula is C15H14ClFO4. The molecule has 0 bridgehead atoms. The Morgan fingerprint density at radius 3 is 2.57 bits per heavy atom. The van der Waals surface area contributed by atoms with Crippen LogP contribution in [0.4, 0.5) is 4.39 Å². The second-order valence-electron chi connectivity index (χ2n) is 5.35. The van der Waals surface area contributed by atoms with Gasteiger partial charge in [-0.3, -0.25) is 14.4 Å². The molecule has 1 aliphatic rings. The van der Waals surface area contributed by atoms with Crippen LogP contribution in [0.25, 0.3) is 0 Å². The zero-order valence-electron chi connectivity index (χ0n) is 11.8. The minimum atomic E-state index is -1.55. The van der Waals surface area contributed by atoms with Crippen molar-refractivity contribution in [3.05, 3.63) is 34.1 Å². The van der Waals surface area contributed by atoms with Crippen molar-refractivity contribution >= 4 is 29.1 Å². The molecule has 0 heterocycles. The Kier molecular flexibility index (Phi) is 3.89. The van der Waals surface area contributed by atoms with E-state index in [0.717, 1.165) is 6.07 Å². The van der Waals surface area contributed by atoms with Crippen molar-refractivity contribution in [1.29, 1.82) is 0 Å². The number of hydrogen-bond acceptors (Lipinski definition) is 4. The molecule has 0 fully saturated rings. The summed E-state index contributed by atoms with van der Waals surface area (Å²) < 4.78 is 18.4. The summed E-state index contributed by atoms with van der Waals surface area (Å²) in [5.74, 6) is -4.53. The van der Waals surface area contributed by atoms with Gasteiger partial charge in [0.15, 0.2) is 17.5 Å². The molecule has 1 aliphatic carbocycles. The molecule has 21 heavy (non-hydrogen) atoms. The summed E-state index contributed by atoms with van der Waals surface area (Å²) in [6.45, 7) is 4.77. The van der Waals surface area contributed by atoms with E-state index in [-0.39, 0.29) is 17.2 Å². The van der Waals surface area contributed by atoms with Gasteiger partial charge in [-0.1, -0.05) is 11.6 Å². The molecule has 0 saturated carbocycles. The number of carbonyl (C=O) groups excluding carboxylic acids is 3. The molecule has 1 atom stereocenters. The summed E-state index contributed by atoms with van der Waals surface area (Å²) in [5, 5.41) is -0.169. The highest BCUT2D eigenvalue weighted by Crippen LogP contribution is 2.39. The predicted octanol–water partition coefficient (Wildman–Crippen LogP) is 2.70. The van der Waals surface area contributed by atoms with Crippen LogP contribution in [0.1, 0.15) is 36.7 Å². The van der Waals surface area contributed by atoms with E-state index in [1.165, 1.54) is 6.07 Å². The standard InChI is InChI=1S/C15H14ClFO4/c1-4-21-14(20)11-12(18)7-5-10(17)9(16)6-8(7)15(2,3)13(11)19/h5-6,11H,4H2,1-3H3. The van der Waals surface area contributed by atoms with Gasteiger partial charge in [0.1, 0.15) is 5.82 Å². The van der Waals surface area contributed by atoms with Crippen molar-refractivity contribution in [2.24, 2.45) is 5.92 Å². The second kappa shape index (κ2) is 5.22. The van der Waals surface area contributed by atoms with Crippen LogP contribution in [0.2, 0.25) is 5.02 Å². The molecule has 0 radical (unpaired) electrons. The van der Waals surface area contributed by atoms with Crippen molar-refractivity contribution in [3.8, 4) is 0 Å². The third-order valence-electron chi connectivity index (χ3n) is 3.66. The Labute approximate surface area is 126 Å². The maximum absolute atomic E-state index is 13.6. The van der Waals surface area contributed by atoms with Crippen LogP contribution in [0, 0.1) is 11.7 Å². The number of rotatable bonds is 2. The van der Waals surface area contributed by atoms with E-state index < -0.39 is 34.7 Å². The lowest BCUT2D eigenvalue weighted by Crippen LogP contribution is -2.48. The summed E-state index contributed by atoms with van der Waals surface area (Å²) >= 11 is 5.73. The summed E-state index contributed by atoms with van der Waals surface area (Å²) in [7, 11) is 0. The fourth-order valence-corrected chi connectivity index (χ4v) is 2.64. The highest BCUT2D eigenvalue weighted by molar-refractivity contribution is 6.32. The van der Waals surface area contributed by atoms with Crippen molar-refractivity contribution < 1.29 is 23.5 Å². The van der Waals surface area contributed by atoms with Crippen molar-refractivity contribution in [3.63, 3.8) is 0 Å². The number of halogens is 2. The molecule has 0 saturated heterocycles. The van der Waals surface area contributed by atoms with Gasteiger partial charge >= 0.3 is 5.97 Å². The van der Waals surface area contributed by atoms with Crippen LogP contribution in [0.15, 0.2) is 12.1 Å². The number of ether oxygens (including phenoxy) is 1. The molecule has 6 heteroatoms. The zero-order valence-corrected chi connectivity index (χ0v) is 12.6. The number of Topliss-reactive ketones (excluding diaryl/α,β-unsaturated/α-hetero) is 2. The Morgan fingerprint density at radius 1 is 1.38 bits per heavy atom. The van der Waals surface area contributed by atoms with Crippen molar-refractivity contribution in [2.75, 3.05) is 6.61 Å². The maximum Gasteiger partial charge on any atom is 0.324 e. The van der Waals surface area contributed by atoms with Crippen LogP contribution in [-0.2, 0) is 19.7 Å². The van der Waals surface area contributed by atoms with E-state index >= 15 is 0 Å². The Balaban J connectivity index is 2.64.